The minimum atomic E-state index is 0.311. The van der Waals surface area contributed by atoms with Gasteiger partial charge in [0.2, 0.25) is 5.91 Å². The Kier molecular flexibility index (Phi) is 5.09. The molecule has 88 valence electrons. The molecule has 0 aromatic carbocycles. The Morgan fingerprint density at radius 3 is 2.80 bits per heavy atom. The summed E-state index contributed by atoms with van der Waals surface area (Å²) in [6, 6.07) is 0. The van der Waals surface area contributed by atoms with Crippen LogP contribution in [0.3, 0.4) is 0 Å². The maximum Gasteiger partial charge on any atom is 0.222 e. The molecule has 3 nitrogen and oxygen atoms in total. The lowest BCUT2D eigenvalue weighted by Crippen LogP contribution is -2.37. The van der Waals surface area contributed by atoms with Crippen LogP contribution in [-0.4, -0.2) is 30.4 Å². The molecule has 1 rings (SSSR count). The highest BCUT2D eigenvalue weighted by molar-refractivity contribution is 5.76. The van der Waals surface area contributed by atoms with Crippen molar-refractivity contribution in [3.8, 4) is 0 Å². The fraction of sp³-hybridized carbons (Fsp3) is 0.917. The van der Waals surface area contributed by atoms with Crippen molar-refractivity contribution in [3.63, 3.8) is 0 Å². The topological polar surface area (TPSA) is 46.3 Å². The van der Waals surface area contributed by atoms with E-state index >= 15 is 0 Å². The second kappa shape index (κ2) is 6.11. The van der Waals surface area contributed by atoms with Crippen LogP contribution in [-0.2, 0) is 4.79 Å². The summed E-state index contributed by atoms with van der Waals surface area (Å²) >= 11 is 0. The predicted octanol–water partition coefficient (Wildman–Crippen LogP) is 1.62. The number of hydrogen-bond donors (Lipinski definition) is 1. The normalized spacial score (nSPS) is 22.9. The largest absolute Gasteiger partial charge is 0.342 e. The zero-order chi connectivity index (χ0) is 11.3. The van der Waals surface area contributed by atoms with Gasteiger partial charge in [-0.05, 0) is 31.2 Å². The standard InChI is InChI=1S/C12H24N2O/c1-10(2)7-12(15)14-6-4-3-5-11(8-13)9-14/h10-11H,3-9,13H2,1-2H3. The van der Waals surface area contributed by atoms with Crippen molar-refractivity contribution in [1.82, 2.24) is 4.90 Å². The third kappa shape index (κ3) is 4.20. The van der Waals surface area contributed by atoms with Gasteiger partial charge in [-0.15, -0.1) is 0 Å². The summed E-state index contributed by atoms with van der Waals surface area (Å²) in [6.07, 6.45) is 4.22. The van der Waals surface area contributed by atoms with Crippen LogP contribution in [0.1, 0.15) is 39.5 Å². The molecule has 15 heavy (non-hydrogen) atoms. The molecular weight excluding hydrogens is 188 g/mol. The summed E-state index contributed by atoms with van der Waals surface area (Å²) in [5.74, 6) is 1.28. The van der Waals surface area contributed by atoms with Crippen molar-refractivity contribution in [3.05, 3.63) is 0 Å². The van der Waals surface area contributed by atoms with Crippen molar-refractivity contribution >= 4 is 5.91 Å². The molecule has 1 atom stereocenters. The summed E-state index contributed by atoms with van der Waals surface area (Å²) in [5, 5.41) is 0. The number of hydrogen-bond acceptors (Lipinski definition) is 2. The average Bonchev–Trinajstić information content (AvgIpc) is 2.41. The second-order valence-electron chi connectivity index (χ2n) is 5.04. The molecule has 0 radical (unpaired) electrons. The van der Waals surface area contributed by atoms with Gasteiger partial charge in [0.25, 0.3) is 0 Å². The fourth-order valence-corrected chi connectivity index (χ4v) is 2.13. The summed E-state index contributed by atoms with van der Waals surface area (Å²) in [6.45, 7) is 6.71. The first-order valence-electron chi connectivity index (χ1n) is 6.11. The van der Waals surface area contributed by atoms with Crippen molar-refractivity contribution in [2.75, 3.05) is 19.6 Å². The molecule has 0 aromatic heterocycles. The van der Waals surface area contributed by atoms with Gasteiger partial charge in [-0.3, -0.25) is 4.79 Å². The minimum absolute atomic E-state index is 0.311. The number of nitrogens with zero attached hydrogens (tertiary/aromatic N) is 1. The van der Waals surface area contributed by atoms with Crippen LogP contribution in [0, 0.1) is 11.8 Å². The lowest BCUT2D eigenvalue weighted by molar-refractivity contribution is -0.132. The number of nitrogens with two attached hydrogens (primary N) is 1. The molecule has 0 aromatic rings. The first-order chi connectivity index (χ1) is 7.13. The van der Waals surface area contributed by atoms with Gasteiger partial charge < -0.3 is 10.6 Å². The van der Waals surface area contributed by atoms with Gasteiger partial charge >= 0.3 is 0 Å². The van der Waals surface area contributed by atoms with E-state index in [2.05, 4.69) is 13.8 Å². The SMILES string of the molecule is CC(C)CC(=O)N1CCCCC(CN)C1. The maximum atomic E-state index is 11.9. The quantitative estimate of drug-likeness (QED) is 0.772. The number of rotatable bonds is 3. The van der Waals surface area contributed by atoms with Crippen molar-refractivity contribution < 1.29 is 4.79 Å². The van der Waals surface area contributed by atoms with Gasteiger partial charge in [-0.25, -0.2) is 0 Å². The molecule has 1 aliphatic rings. The van der Waals surface area contributed by atoms with Crippen molar-refractivity contribution in [2.24, 2.45) is 17.6 Å². The van der Waals surface area contributed by atoms with E-state index in [0.717, 1.165) is 19.5 Å². The Labute approximate surface area is 93.0 Å². The minimum Gasteiger partial charge on any atom is -0.342 e. The highest BCUT2D eigenvalue weighted by Crippen LogP contribution is 2.17. The lowest BCUT2D eigenvalue weighted by atomic mass is 10.0. The molecule has 1 unspecified atom stereocenters. The first kappa shape index (κ1) is 12.5. The van der Waals surface area contributed by atoms with Crippen LogP contribution in [0.15, 0.2) is 0 Å². The molecule has 2 N–H and O–H groups in total. The molecule has 1 saturated heterocycles. The van der Waals surface area contributed by atoms with Crippen LogP contribution < -0.4 is 5.73 Å². The van der Waals surface area contributed by atoms with Gasteiger partial charge in [-0.2, -0.15) is 0 Å². The highest BCUT2D eigenvalue weighted by Gasteiger charge is 2.21. The van der Waals surface area contributed by atoms with E-state index in [-0.39, 0.29) is 0 Å². The van der Waals surface area contributed by atoms with E-state index in [1.54, 1.807) is 0 Å². The zero-order valence-electron chi connectivity index (χ0n) is 10.0. The Morgan fingerprint density at radius 2 is 2.20 bits per heavy atom. The van der Waals surface area contributed by atoms with Crippen molar-refractivity contribution in [2.45, 2.75) is 39.5 Å². The third-order valence-corrected chi connectivity index (χ3v) is 3.04. The maximum absolute atomic E-state index is 11.9. The van der Waals surface area contributed by atoms with Gasteiger partial charge in [-0.1, -0.05) is 20.3 Å². The molecule has 3 heteroatoms. The van der Waals surface area contributed by atoms with E-state index in [0.29, 0.717) is 30.7 Å². The predicted molar refractivity (Wildman–Crippen MR) is 62.4 cm³/mol. The summed E-state index contributed by atoms with van der Waals surface area (Å²) in [7, 11) is 0. The van der Waals surface area contributed by atoms with Crippen LogP contribution in [0.4, 0.5) is 0 Å². The molecule has 0 saturated carbocycles. The van der Waals surface area contributed by atoms with Crippen LogP contribution in [0.5, 0.6) is 0 Å². The van der Waals surface area contributed by atoms with E-state index in [1.165, 1.54) is 12.8 Å². The highest BCUT2D eigenvalue weighted by atomic mass is 16.2. The van der Waals surface area contributed by atoms with Crippen LogP contribution in [0.2, 0.25) is 0 Å². The molecule has 1 amide bonds. The number of likely N-dealkylation sites (tertiary alicyclic amines) is 1. The molecule has 0 aliphatic carbocycles. The third-order valence-electron chi connectivity index (χ3n) is 3.04. The Morgan fingerprint density at radius 1 is 1.47 bits per heavy atom. The van der Waals surface area contributed by atoms with Gasteiger partial charge in [0.1, 0.15) is 0 Å². The average molecular weight is 212 g/mol. The molecular formula is C12H24N2O. The Balaban J connectivity index is 2.47. The van der Waals surface area contributed by atoms with E-state index < -0.39 is 0 Å². The van der Waals surface area contributed by atoms with Crippen molar-refractivity contribution in [1.29, 1.82) is 0 Å². The van der Waals surface area contributed by atoms with Crippen LogP contribution >= 0.6 is 0 Å². The van der Waals surface area contributed by atoms with E-state index in [4.69, 9.17) is 5.73 Å². The molecule has 1 aliphatic heterocycles. The zero-order valence-corrected chi connectivity index (χ0v) is 10.0. The molecule has 1 heterocycles. The molecule has 1 fully saturated rings. The first-order valence-corrected chi connectivity index (χ1v) is 6.11. The van der Waals surface area contributed by atoms with E-state index in [9.17, 15) is 4.79 Å². The summed E-state index contributed by atoms with van der Waals surface area (Å²) < 4.78 is 0. The van der Waals surface area contributed by atoms with Gasteiger partial charge in [0.15, 0.2) is 0 Å². The van der Waals surface area contributed by atoms with Gasteiger partial charge in [0, 0.05) is 19.5 Å². The van der Waals surface area contributed by atoms with E-state index in [1.807, 2.05) is 4.90 Å². The Hall–Kier alpha value is -0.570. The molecule has 0 bridgehead atoms. The second-order valence-corrected chi connectivity index (χ2v) is 5.04. The smallest absolute Gasteiger partial charge is 0.222 e. The molecule has 0 spiro atoms. The summed E-state index contributed by atoms with van der Waals surface area (Å²) in [5.41, 5.74) is 5.70. The lowest BCUT2D eigenvalue weighted by Gasteiger charge is -2.24. The number of carbonyl (C=O) groups excluding carboxylic acids is 1. The Bertz CT molecular complexity index is 204. The monoisotopic (exact) mass is 212 g/mol. The van der Waals surface area contributed by atoms with Gasteiger partial charge in [0.05, 0.1) is 0 Å². The summed E-state index contributed by atoms with van der Waals surface area (Å²) in [4.78, 5) is 13.9. The van der Waals surface area contributed by atoms with Crippen LogP contribution in [0.25, 0.3) is 0 Å². The fourth-order valence-electron chi connectivity index (χ4n) is 2.13. The number of carbonyl (C=O) groups is 1. The number of amides is 1.